The molecule has 2 aromatic rings. The largest absolute Gasteiger partial charge is 0.481 e. The predicted octanol–water partition coefficient (Wildman–Crippen LogP) is 2.73. The van der Waals surface area contributed by atoms with E-state index in [2.05, 4.69) is 10.3 Å². The number of fused-ring (bicyclic) bond motifs is 1. The molecule has 0 bridgehead atoms. The maximum atomic E-state index is 13.1. The highest BCUT2D eigenvalue weighted by Gasteiger charge is 2.65. The van der Waals surface area contributed by atoms with E-state index in [0.717, 1.165) is 11.3 Å². The van der Waals surface area contributed by atoms with Crippen LogP contribution in [-0.2, 0) is 9.59 Å². The maximum absolute atomic E-state index is 13.1. The highest BCUT2D eigenvalue weighted by atomic mass is 32.1. The molecule has 0 aliphatic heterocycles. The summed E-state index contributed by atoms with van der Waals surface area (Å²) in [5.41, 5.74) is 0.0418. The second kappa shape index (κ2) is 4.49. The van der Waals surface area contributed by atoms with E-state index in [9.17, 15) is 14.0 Å². The minimum absolute atomic E-state index is 0.354. The lowest BCUT2D eigenvalue weighted by Gasteiger charge is -2.02. The quantitative estimate of drug-likeness (QED) is 0.913. The van der Waals surface area contributed by atoms with Gasteiger partial charge in [-0.25, -0.2) is 9.37 Å². The van der Waals surface area contributed by atoms with Gasteiger partial charge >= 0.3 is 5.97 Å². The third-order valence-corrected chi connectivity index (χ3v) is 4.89. The maximum Gasteiger partial charge on any atom is 0.307 e. The van der Waals surface area contributed by atoms with Gasteiger partial charge in [0.15, 0.2) is 5.13 Å². The Hall–Kier alpha value is -2.02. The molecular weight excluding hydrogens is 295 g/mol. The van der Waals surface area contributed by atoms with E-state index in [4.69, 9.17) is 5.11 Å². The molecule has 21 heavy (non-hydrogen) atoms. The molecule has 1 aliphatic carbocycles. The molecule has 0 spiro atoms. The van der Waals surface area contributed by atoms with Gasteiger partial charge in [-0.2, -0.15) is 0 Å². The zero-order valence-corrected chi connectivity index (χ0v) is 12.2. The van der Waals surface area contributed by atoms with Crippen LogP contribution < -0.4 is 5.32 Å². The molecule has 0 unspecified atom stereocenters. The summed E-state index contributed by atoms with van der Waals surface area (Å²) in [6.07, 6.45) is 0. The molecule has 1 aliphatic rings. The Kier molecular flexibility index (Phi) is 2.98. The van der Waals surface area contributed by atoms with Crippen LogP contribution in [0.5, 0.6) is 0 Å². The van der Waals surface area contributed by atoms with Crippen LogP contribution in [0.2, 0.25) is 0 Å². The SMILES string of the molecule is CC1(C)[C@H](C(=O)O)[C@H]1C(=O)Nc1nc2ccc(F)cc2s1. The number of benzene rings is 1. The topological polar surface area (TPSA) is 79.3 Å². The highest BCUT2D eigenvalue weighted by molar-refractivity contribution is 7.22. The minimum atomic E-state index is -0.966. The molecular formula is C14H13FN2O3S. The first-order valence-electron chi connectivity index (χ1n) is 6.40. The zero-order chi connectivity index (χ0) is 15.4. The first kappa shape index (κ1) is 13.9. The monoisotopic (exact) mass is 308 g/mol. The van der Waals surface area contributed by atoms with Crippen LogP contribution in [0.4, 0.5) is 9.52 Å². The van der Waals surface area contributed by atoms with E-state index >= 15 is 0 Å². The Morgan fingerprint density at radius 3 is 2.71 bits per heavy atom. The number of amides is 1. The number of thiazole rings is 1. The molecule has 1 saturated carbocycles. The van der Waals surface area contributed by atoms with Crippen molar-refractivity contribution in [2.45, 2.75) is 13.8 Å². The lowest BCUT2D eigenvalue weighted by atomic mass is 10.1. The number of nitrogens with one attached hydrogen (secondary N) is 1. The Labute approximate surface area is 123 Å². The Bertz CT molecular complexity index is 756. The van der Waals surface area contributed by atoms with Gasteiger partial charge in [-0.3, -0.25) is 9.59 Å². The first-order valence-corrected chi connectivity index (χ1v) is 7.22. The summed E-state index contributed by atoms with van der Waals surface area (Å²) < 4.78 is 13.7. The van der Waals surface area contributed by atoms with Crippen LogP contribution in [0.3, 0.4) is 0 Å². The van der Waals surface area contributed by atoms with E-state index in [1.54, 1.807) is 13.8 Å². The number of carboxylic acids is 1. The number of carbonyl (C=O) groups excluding carboxylic acids is 1. The van der Waals surface area contributed by atoms with Gasteiger partial charge in [0, 0.05) is 0 Å². The van der Waals surface area contributed by atoms with Crippen molar-refractivity contribution in [3.8, 4) is 0 Å². The van der Waals surface area contributed by atoms with Crippen LogP contribution >= 0.6 is 11.3 Å². The molecule has 1 heterocycles. The molecule has 1 aromatic carbocycles. The summed E-state index contributed by atoms with van der Waals surface area (Å²) in [6.45, 7) is 3.51. The smallest absolute Gasteiger partial charge is 0.307 e. The fourth-order valence-electron chi connectivity index (χ4n) is 2.72. The standard InChI is InChI=1S/C14H13FN2O3S/c1-14(2)9(10(14)12(19)20)11(18)17-13-16-7-4-3-6(15)5-8(7)21-13/h3-5,9-10H,1-2H3,(H,19,20)(H,16,17,18)/t9-,10-/m0/s1. The number of carboxylic acid groups (broad SMARTS) is 1. The number of halogens is 1. The van der Waals surface area contributed by atoms with Gasteiger partial charge < -0.3 is 10.4 Å². The van der Waals surface area contributed by atoms with E-state index < -0.39 is 23.2 Å². The number of aliphatic carboxylic acids is 1. The van der Waals surface area contributed by atoms with Gasteiger partial charge in [0.2, 0.25) is 5.91 Å². The predicted molar refractivity (Wildman–Crippen MR) is 76.6 cm³/mol. The minimum Gasteiger partial charge on any atom is -0.481 e. The average molecular weight is 308 g/mol. The molecule has 1 aromatic heterocycles. The zero-order valence-electron chi connectivity index (χ0n) is 11.4. The Balaban J connectivity index is 1.80. The van der Waals surface area contributed by atoms with Gasteiger partial charge in [0.1, 0.15) is 5.82 Å². The van der Waals surface area contributed by atoms with Crippen LogP contribution in [-0.4, -0.2) is 22.0 Å². The molecule has 1 amide bonds. The second-order valence-electron chi connectivity index (χ2n) is 5.74. The molecule has 7 heteroatoms. The fraction of sp³-hybridized carbons (Fsp3) is 0.357. The Morgan fingerprint density at radius 2 is 2.10 bits per heavy atom. The Morgan fingerprint density at radius 1 is 1.38 bits per heavy atom. The van der Waals surface area contributed by atoms with Crippen molar-refractivity contribution in [2.75, 3.05) is 5.32 Å². The van der Waals surface area contributed by atoms with Crippen molar-refractivity contribution >= 4 is 38.6 Å². The van der Waals surface area contributed by atoms with Crippen molar-refractivity contribution in [2.24, 2.45) is 17.3 Å². The summed E-state index contributed by atoms with van der Waals surface area (Å²) in [5.74, 6) is -2.93. The van der Waals surface area contributed by atoms with Crippen molar-refractivity contribution in [1.29, 1.82) is 0 Å². The number of rotatable bonds is 3. The molecule has 110 valence electrons. The molecule has 1 fully saturated rings. The van der Waals surface area contributed by atoms with Gasteiger partial charge in [-0.1, -0.05) is 25.2 Å². The fourth-order valence-corrected chi connectivity index (χ4v) is 3.62. The second-order valence-corrected chi connectivity index (χ2v) is 6.77. The molecule has 0 radical (unpaired) electrons. The third kappa shape index (κ3) is 2.27. The van der Waals surface area contributed by atoms with Gasteiger partial charge in [-0.15, -0.1) is 0 Å². The van der Waals surface area contributed by atoms with Crippen LogP contribution in [0.1, 0.15) is 13.8 Å². The normalized spacial score (nSPS) is 23.0. The number of hydrogen-bond acceptors (Lipinski definition) is 4. The third-order valence-electron chi connectivity index (χ3n) is 3.96. The van der Waals surface area contributed by atoms with Crippen molar-refractivity contribution in [3.63, 3.8) is 0 Å². The summed E-state index contributed by atoms with van der Waals surface area (Å²) >= 11 is 1.16. The number of aromatic nitrogens is 1. The molecule has 3 rings (SSSR count). The van der Waals surface area contributed by atoms with E-state index in [1.165, 1.54) is 18.2 Å². The van der Waals surface area contributed by atoms with E-state index in [0.29, 0.717) is 15.3 Å². The summed E-state index contributed by atoms with van der Waals surface area (Å²) in [7, 11) is 0. The van der Waals surface area contributed by atoms with E-state index in [1.807, 2.05) is 0 Å². The van der Waals surface area contributed by atoms with Gasteiger partial charge in [0.25, 0.3) is 0 Å². The summed E-state index contributed by atoms with van der Waals surface area (Å²) in [4.78, 5) is 27.4. The highest BCUT2D eigenvalue weighted by Crippen LogP contribution is 2.58. The lowest BCUT2D eigenvalue weighted by molar-refractivity contribution is -0.140. The summed E-state index contributed by atoms with van der Waals surface area (Å²) in [6, 6.07) is 4.19. The number of anilines is 1. The van der Waals surface area contributed by atoms with Crippen molar-refractivity contribution < 1.29 is 19.1 Å². The number of nitrogens with zero attached hydrogens (tertiary/aromatic N) is 1. The van der Waals surface area contributed by atoms with Crippen molar-refractivity contribution in [1.82, 2.24) is 4.98 Å². The van der Waals surface area contributed by atoms with Crippen molar-refractivity contribution in [3.05, 3.63) is 24.0 Å². The van der Waals surface area contributed by atoms with Gasteiger partial charge in [-0.05, 0) is 23.6 Å². The van der Waals surface area contributed by atoms with E-state index in [-0.39, 0.29) is 11.7 Å². The molecule has 5 nitrogen and oxygen atoms in total. The number of hydrogen-bond donors (Lipinski definition) is 2. The van der Waals surface area contributed by atoms with Gasteiger partial charge in [0.05, 0.1) is 22.1 Å². The lowest BCUT2D eigenvalue weighted by Crippen LogP contribution is -2.17. The molecule has 0 saturated heterocycles. The molecule has 2 N–H and O–H groups in total. The first-order chi connectivity index (χ1) is 9.80. The summed E-state index contributed by atoms with van der Waals surface area (Å²) in [5, 5.41) is 12.1. The number of carbonyl (C=O) groups is 2. The van der Waals surface area contributed by atoms with Crippen LogP contribution in [0.15, 0.2) is 18.2 Å². The average Bonchev–Trinajstić information content (AvgIpc) is 2.75. The molecule has 2 atom stereocenters. The van der Waals surface area contributed by atoms with Crippen LogP contribution in [0.25, 0.3) is 10.2 Å². The van der Waals surface area contributed by atoms with Crippen LogP contribution in [0, 0.1) is 23.1 Å².